The van der Waals surface area contributed by atoms with Crippen LogP contribution in [0.1, 0.15) is 38.3 Å². The highest BCUT2D eigenvalue weighted by atomic mass is 32.1. The summed E-state index contributed by atoms with van der Waals surface area (Å²) in [4.78, 5) is 0. The third-order valence-electron chi connectivity index (χ3n) is 2.03. The largest absolute Gasteiger partial charge is 0.324 e. The van der Waals surface area contributed by atoms with Crippen LogP contribution in [0.4, 0.5) is 0 Å². The molecule has 2 heteroatoms. The minimum Gasteiger partial charge on any atom is -0.324 e. The summed E-state index contributed by atoms with van der Waals surface area (Å²) in [6.45, 7) is 4.47. The molecular weight excluding hydrogens is 166 g/mol. The molecule has 12 heavy (non-hydrogen) atoms. The van der Waals surface area contributed by atoms with Crippen LogP contribution in [0.15, 0.2) is 16.8 Å². The van der Waals surface area contributed by atoms with Crippen LogP contribution >= 0.6 is 11.3 Å². The molecule has 0 saturated carbocycles. The van der Waals surface area contributed by atoms with E-state index >= 15 is 0 Å². The first kappa shape index (κ1) is 9.75. The minimum absolute atomic E-state index is 0.249. The zero-order chi connectivity index (χ0) is 8.97. The average molecular weight is 183 g/mol. The van der Waals surface area contributed by atoms with Gasteiger partial charge in [-0.3, -0.25) is 0 Å². The molecular formula is C10H17NS. The number of thiophene rings is 1. The predicted octanol–water partition coefficient (Wildman–Crippen LogP) is 3.18. The first-order chi connectivity index (χ1) is 5.70. The van der Waals surface area contributed by atoms with Crippen molar-refractivity contribution >= 4 is 11.3 Å². The Morgan fingerprint density at radius 3 is 2.67 bits per heavy atom. The van der Waals surface area contributed by atoms with Crippen LogP contribution in [-0.4, -0.2) is 0 Å². The lowest BCUT2D eigenvalue weighted by atomic mass is 10.0. The lowest BCUT2D eigenvalue weighted by Crippen LogP contribution is -2.09. The Morgan fingerprint density at radius 2 is 2.17 bits per heavy atom. The van der Waals surface area contributed by atoms with Crippen molar-refractivity contribution in [2.75, 3.05) is 0 Å². The molecule has 0 aliphatic rings. The second-order valence-electron chi connectivity index (χ2n) is 3.63. The van der Waals surface area contributed by atoms with Crippen LogP contribution in [0.3, 0.4) is 0 Å². The fraction of sp³-hybridized carbons (Fsp3) is 0.600. The second-order valence-corrected chi connectivity index (χ2v) is 4.41. The van der Waals surface area contributed by atoms with Gasteiger partial charge in [0.25, 0.3) is 0 Å². The van der Waals surface area contributed by atoms with Crippen molar-refractivity contribution in [3.05, 3.63) is 22.4 Å². The zero-order valence-corrected chi connectivity index (χ0v) is 8.60. The van der Waals surface area contributed by atoms with Gasteiger partial charge in [-0.05, 0) is 41.1 Å². The molecule has 0 saturated heterocycles. The molecule has 1 rings (SSSR count). The highest BCUT2D eigenvalue weighted by molar-refractivity contribution is 7.07. The topological polar surface area (TPSA) is 26.0 Å². The Labute approximate surface area is 78.6 Å². The molecule has 0 bridgehead atoms. The van der Waals surface area contributed by atoms with Crippen molar-refractivity contribution < 1.29 is 0 Å². The van der Waals surface area contributed by atoms with Crippen molar-refractivity contribution in [1.29, 1.82) is 0 Å². The van der Waals surface area contributed by atoms with E-state index in [1.54, 1.807) is 11.3 Å². The normalized spacial score (nSPS) is 13.7. The Balaban J connectivity index is 2.34. The van der Waals surface area contributed by atoms with Crippen LogP contribution in [0.2, 0.25) is 0 Å². The molecule has 0 unspecified atom stereocenters. The second kappa shape index (κ2) is 4.63. The maximum Gasteiger partial charge on any atom is 0.0303 e. The van der Waals surface area contributed by atoms with Crippen molar-refractivity contribution in [2.45, 2.75) is 32.7 Å². The maximum absolute atomic E-state index is 5.99. The van der Waals surface area contributed by atoms with Gasteiger partial charge in [-0.15, -0.1) is 0 Å². The lowest BCUT2D eigenvalue weighted by Gasteiger charge is -2.10. The number of hydrogen-bond donors (Lipinski definition) is 1. The number of nitrogens with two attached hydrogens (primary N) is 1. The van der Waals surface area contributed by atoms with Crippen LogP contribution in [0.25, 0.3) is 0 Å². The van der Waals surface area contributed by atoms with Crippen molar-refractivity contribution in [3.8, 4) is 0 Å². The molecule has 0 spiro atoms. The third-order valence-corrected chi connectivity index (χ3v) is 2.73. The molecule has 1 nitrogen and oxygen atoms in total. The van der Waals surface area contributed by atoms with Gasteiger partial charge < -0.3 is 5.73 Å². The smallest absolute Gasteiger partial charge is 0.0303 e. The van der Waals surface area contributed by atoms with Gasteiger partial charge >= 0.3 is 0 Å². The van der Waals surface area contributed by atoms with E-state index in [9.17, 15) is 0 Å². The van der Waals surface area contributed by atoms with Crippen molar-refractivity contribution in [3.63, 3.8) is 0 Å². The van der Waals surface area contributed by atoms with Gasteiger partial charge in [-0.1, -0.05) is 13.8 Å². The number of rotatable bonds is 4. The summed E-state index contributed by atoms with van der Waals surface area (Å²) in [5.41, 5.74) is 7.29. The van der Waals surface area contributed by atoms with Gasteiger partial charge in [0, 0.05) is 6.04 Å². The monoisotopic (exact) mass is 183 g/mol. The first-order valence-electron chi connectivity index (χ1n) is 4.48. The third kappa shape index (κ3) is 2.95. The molecule has 0 aliphatic carbocycles. The summed E-state index contributed by atoms with van der Waals surface area (Å²) in [5, 5.41) is 4.23. The predicted molar refractivity (Wildman–Crippen MR) is 55.3 cm³/mol. The summed E-state index contributed by atoms with van der Waals surface area (Å²) in [7, 11) is 0. The lowest BCUT2D eigenvalue weighted by molar-refractivity contribution is 0.508. The zero-order valence-electron chi connectivity index (χ0n) is 7.79. The fourth-order valence-corrected chi connectivity index (χ4v) is 1.89. The summed E-state index contributed by atoms with van der Waals surface area (Å²) < 4.78 is 0. The number of hydrogen-bond acceptors (Lipinski definition) is 2. The molecule has 1 heterocycles. The first-order valence-corrected chi connectivity index (χ1v) is 5.42. The van der Waals surface area contributed by atoms with Gasteiger partial charge in [0.1, 0.15) is 0 Å². The standard InChI is InChI=1S/C10H17NS/c1-8(2)3-4-10(11)9-5-6-12-7-9/h5-8,10H,3-4,11H2,1-2H3/t10-/m1/s1. The molecule has 0 aromatic carbocycles. The van der Waals surface area contributed by atoms with Crippen LogP contribution in [-0.2, 0) is 0 Å². The Hall–Kier alpha value is -0.340. The van der Waals surface area contributed by atoms with Gasteiger partial charge in [0.2, 0.25) is 0 Å². The van der Waals surface area contributed by atoms with Crippen LogP contribution in [0, 0.1) is 5.92 Å². The van der Waals surface area contributed by atoms with Crippen molar-refractivity contribution in [2.24, 2.45) is 11.7 Å². The molecule has 2 N–H and O–H groups in total. The van der Waals surface area contributed by atoms with E-state index in [1.165, 1.54) is 12.0 Å². The summed E-state index contributed by atoms with van der Waals surface area (Å²) >= 11 is 1.72. The van der Waals surface area contributed by atoms with E-state index in [0.29, 0.717) is 0 Å². The maximum atomic E-state index is 5.99. The molecule has 1 aromatic rings. The van der Waals surface area contributed by atoms with Crippen LogP contribution in [0.5, 0.6) is 0 Å². The highest BCUT2D eigenvalue weighted by Gasteiger charge is 2.06. The molecule has 0 amide bonds. The molecule has 0 fully saturated rings. The van der Waals surface area contributed by atoms with Gasteiger partial charge in [-0.25, -0.2) is 0 Å². The summed E-state index contributed by atoms with van der Waals surface area (Å²) in [6.07, 6.45) is 2.32. The van der Waals surface area contributed by atoms with E-state index in [4.69, 9.17) is 5.73 Å². The quantitative estimate of drug-likeness (QED) is 0.762. The Morgan fingerprint density at radius 1 is 1.42 bits per heavy atom. The fourth-order valence-electron chi connectivity index (χ4n) is 1.17. The molecule has 0 radical (unpaired) electrons. The molecule has 1 atom stereocenters. The van der Waals surface area contributed by atoms with E-state index < -0.39 is 0 Å². The molecule has 0 aliphatic heterocycles. The van der Waals surface area contributed by atoms with Crippen LogP contribution < -0.4 is 5.73 Å². The van der Waals surface area contributed by atoms with E-state index in [0.717, 1.165) is 12.3 Å². The Kier molecular flexibility index (Phi) is 3.76. The van der Waals surface area contributed by atoms with Gasteiger partial charge in [0.15, 0.2) is 0 Å². The molecule has 68 valence electrons. The minimum atomic E-state index is 0.249. The van der Waals surface area contributed by atoms with Gasteiger partial charge in [0.05, 0.1) is 0 Å². The van der Waals surface area contributed by atoms with E-state index in [2.05, 4.69) is 30.7 Å². The van der Waals surface area contributed by atoms with E-state index in [-0.39, 0.29) is 6.04 Å². The summed E-state index contributed by atoms with van der Waals surface area (Å²) in [6, 6.07) is 2.37. The molecule has 1 aromatic heterocycles. The highest BCUT2D eigenvalue weighted by Crippen LogP contribution is 2.20. The van der Waals surface area contributed by atoms with E-state index in [1.807, 2.05) is 0 Å². The average Bonchev–Trinajstić information content (AvgIpc) is 2.51. The van der Waals surface area contributed by atoms with Gasteiger partial charge in [-0.2, -0.15) is 11.3 Å². The SMILES string of the molecule is CC(C)CC[C@@H](N)c1ccsc1. The summed E-state index contributed by atoms with van der Waals surface area (Å²) in [5.74, 6) is 0.759. The Bertz CT molecular complexity index is 204. The van der Waals surface area contributed by atoms with Crippen molar-refractivity contribution in [1.82, 2.24) is 0 Å².